The summed E-state index contributed by atoms with van der Waals surface area (Å²) in [6, 6.07) is 0.273. The molecule has 6 nitrogen and oxygen atoms in total. The van der Waals surface area contributed by atoms with E-state index >= 15 is 0 Å². The first-order valence-corrected chi connectivity index (χ1v) is 9.60. The third-order valence-corrected chi connectivity index (χ3v) is 6.61. The summed E-state index contributed by atoms with van der Waals surface area (Å²) in [5.74, 6) is -0.193. The maximum atomic E-state index is 12.8. The van der Waals surface area contributed by atoms with Gasteiger partial charge < -0.3 is 4.90 Å². The van der Waals surface area contributed by atoms with Crippen molar-refractivity contribution >= 4 is 15.7 Å². The lowest BCUT2D eigenvalue weighted by molar-refractivity contribution is -0.136. The van der Waals surface area contributed by atoms with E-state index in [-0.39, 0.29) is 29.4 Å². The summed E-state index contributed by atoms with van der Waals surface area (Å²) in [6.07, 6.45) is 2.50. The van der Waals surface area contributed by atoms with E-state index in [9.17, 15) is 13.2 Å². The first-order chi connectivity index (χ1) is 10.3. The number of amides is 1. The molecule has 2 fully saturated rings. The molecule has 0 N–H and O–H groups in total. The van der Waals surface area contributed by atoms with Gasteiger partial charge in [-0.1, -0.05) is 0 Å². The van der Waals surface area contributed by atoms with Crippen LogP contribution < -0.4 is 0 Å². The summed E-state index contributed by atoms with van der Waals surface area (Å²) in [5, 5.41) is 4.41. The summed E-state index contributed by atoms with van der Waals surface area (Å²) in [4.78, 5) is 14.7. The number of carbonyl (C=O) groups is 1. The number of sulfone groups is 1. The fraction of sp³-hybridized carbons (Fsp3) is 0.733. The molecule has 0 unspecified atom stereocenters. The van der Waals surface area contributed by atoms with Crippen molar-refractivity contribution in [1.29, 1.82) is 0 Å². The average Bonchev–Trinajstić information content (AvgIpc) is 3.16. The number of hydrogen-bond acceptors (Lipinski definition) is 4. The molecule has 0 radical (unpaired) electrons. The minimum atomic E-state index is -3.03. The van der Waals surface area contributed by atoms with Gasteiger partial charge >= 0.3 is 0 Å². The van der Waals surface area contributed by atoms with E-state index in [1.54, 1.807) is 0 Å². The molecule has 0 aromatic carbocycles. The lowest BCUT2D eigenvalue weighted by atomic mass is 10.1. The lowest BCUT2D eigenvalue weighted by Gasteiger charge is -2.25. The van der Waals surface area contributed by atoms with Crippen LogP contribution in [0.4, 0.5) is 0 Å². The zero-order chi connectivity index (χ0) is 16.1. The molecule has 22 heavy (non-hydrogen) atoms. The van der Waals surface area contributed by atoms with Crippen molar-refractivity contribution in [3.8, 4) is 0 Å². The van der Waals surface area contributed by atoms with Crippen LogP contribution >= 0.6 is 0 Å². The lowest BCUT2D eigenvalue weighted by Crippen LogP contribution is -2.38. The maximum Gasteiger partial charge on any atom is 0.227 e. The predicted octanol–water partition coefficient (Wildman–Crippen LogP) is 0.963. The van der Waals surface area contributed by atoms with Crippen LogP contribution in [-0.4, -0.2) is 46.6 Å². The maximum absolute atomic E-state index is 12.8. The topological polar surface area (TPSA) is 72.3 Å². The van der Waals surface area contributed by atoms with Crippen molar-refractivity contribution < 1.29 is 13.2 Å². The third-order valence-electron chi connectivity index (χ3n) is 4.84. The van der Waals surface area contributed by atoms with E-state index in [1.807, 2.05) is 30.5 Å². The zero-order valence-electron chi connectivity index (χ0n) is 13.4. The Hall–Kier alpha value is -1.37. The van der Waals surface area contributed by atoms with Gasteiger partial charge in [0, 0.05) is 30.9 Å². The van der Waals surface area contributed by atoms with Crippen molar-refractivity contribution in [2.24, 2.45) is 13.0 Å². The van der Waals surface area contributed by atoms with Gasteiger partial charge in [0.1, 0.15) is 0 Å². The minimum Gasteiger partial charge on any atom is -0.335 e. The average molecular weight is 325 g/mol. The second kappa shape index (κ2) is 5.37. The van der Waals surface area contributed by atoms with Crippen LogP contribution in [0.25, 0.3) is 0 Å². The van der Waals surface area contributed by atoms with Gasteiger partial charge in [0.25, 0.3) is 0 Å². The van der Waals surface area contributed by atoms with Gasteiger partial charge in [-0.25, -0.2) is 8.42 Å². The Morgan fingerprint density at radius 3 is 2.45 bits per heavy atom. The molecule has 1 atom stereocenters. The highest BCUT2D eigenvalue weighted by atomic mass is 32.2. The molecule has 1 aliphatic heterocycles. The SMILES string of the molecule is Cc1nn(C)c(C)c1CN(C(=O)[C@@H]1CCS(=O)(=O)C1)C1CC1. The fourth-order valence-electron chi connectivity index (χ4n) is 3.21. The molecule has 1 aliphatic carbocycles. The molecule has 7 heteroatoms. The zero-order valence-corrected chi connectivity index (χ0v) is 14.2. The normalized spacial score (nSPS) is 23.7. The molecule has 122 valence electrons. The van der Waals surface area contributed by atoms with Gasteiger partial charge in [-0.05, 0) is 33.1 Å². The smallest absolute Gasteiger partial charge is 0.227 e. The molecule has 1 amide bonds. The Labute approximate surface area is 131 Å². The highest BCUT2D eigenvalue weighted by Gasteiger charge is 2.40. The molecule has 1 saturated heterocycles. The summed E-state index contributed by atoms with van der Waals surface area (Å²) < 4.78 is 25.1. The van der Waals surface area contributed by atoms with Gasteiger partial charge in [0.2, 0.25) is 5.91 Å². The molecule has 1 aromatic heterocycles. The number of aryl methyl sites for hydroxylation is 2. The largest absolute Gasteiger partial charge is 0.335 e. The Kier molecular flexibility index (Phi) is 3.79. The summed E-state index contributed by atoms with van der Waals surface area (Å²) in [6.45, 7) is 4.51. The Balaban J connectivity index is 1.80. The van der Waals surface area contributed by atoms with Crippen LogP contribution in [0.1, 0.15) is 36.2 Å². The molecular formula is C15H23N3O3S. The molecular weight excluding hydrogens is 302 g/mol. The van der Waals surface area contributed by atoms with E-state index in [2.05, 4.69) is 5.10 Å². The summed E-state index contributed by atoms with van der Waals surface area (Å²) in [7, 11) is -1.13. The predicted molar refractivity (Wildman–Crippen MR) is 83.0 cm³/mol. The van der Waals surface area contributed by atoms with E-state index in [4.69, 9.17) is 0 Å². The number of carbonyl (C=O) groups excluding carboxylic acids is 1. The standard InChI is InChI=1S/C15H23N3O3S/c1-10-14(11(2)17(3)16-10)8-18(13-4-5-13)15(19)12-6-7-22(20,21)9-12/h12-13H,4-9H2,1-3H3/t12-/m1/s1. The van der Waals surface area contributed by atoms with Crippen molar-refractivity contribution in [2.75, 3.05) is 11.5 Å². The Morgan fingerprint density at radius 2 is 2.00 bits per heavy atom. The molecule has 3 rings (SSSR count). The third kappa shape index (κ3) is 2.91. The molecule has 1 saturated carbocycles. The van der Waals surface area contributed by atoms with Crippen molar-refractivity contribution in [3.63, 3.8) is 0 Å². The van der Waals surface area contributed by atoms with Crippen molar-refractivity contribution in [1.82, 2.24) is 14.7 Å². The van der Waals surface area contributed by atoms with E-state index < -0.39 is 9.84 Å². The van der Waals surface area contributed by atoms with Gasteiger partial charge in [0.15, 0.2) is 9.84 Å². The fourth-order valence-corrected chi connectivity index (χ4v) is 4.95. The highest BCUT2D eigenvalue weighted by molar-refractivity contribution is 7.91. The Bertz CT molecular complexity index is 704. The number of hydrogen-bond donors (Lipinski definition) is 0. The van der Waals surface area contributed by atoms with E-state index in [0.717, 1.165) is 29.8 Å². The number of rotatable bonds is 4. The molecule has 0 spiro atoms. The van der Waals surface area contributed by atoms with Crippen LogP contribution in [0.5, 0.6) is 0 Å². The van der Waals surface area contributed by atoms with Crippen LogP contribution in [0.15, 0.2) is 0 Å². The summed E-state index contributed by atoms with van der Waals surface area (Å²) in [5.41, 5.74) is 3.09. The molecule has 2 heterocycles. The van der Waals surface area contributed by atoms with Crippen LogP contribution in [0.3, 0.4) is 0 Å². The van der Waals surface area contributed by atoms with Crippen LogP contribution in [-0.2, 0) is 28.2 Å². The first-order valence-electron chi connectivity index (χ1n) is 7.78. The quantitative estimate of drug-likeness (QED) is 0.827. The first kappa shape index (κ1) is 15.5. The second-order valence-corrected chi connectivity index (χ2v) is 8.80. The van der Waals surface area contributed by atoms with Gasteiger partial charge in [-0.2, -0.15) is 5.10 Å². The molecule has 2 aliphatic rings. The Morgan fingerprint density at radius 1 is 1.32 bits per heavy atom. The van der Waals surface area contributed by atoms with Crippen molar-refractivity contribution in [2.45, 2.75) is 45.7 Å². The number of aromatic nitrogens is 2. The van der Waals surface area contributed by atoms with E-state index in [0.29, 0.717) is 13.0 Å². The van der Waals surface area contributed by atoms with Crippen molar-refractivity contribution in [3.05, 3.63) is 17.0 Å². The molecule has 0 bridgehead atoms. The highest BCUT2D eigenvalue weighted by Crippen LogP contribution is 2.32. The summed E-state index contributed by atoms with van der Waals surface area (Å²) >= 11 is 0. The van der Waals surface area contributed by atoms with Gasteiger partial charge in [0.05, 0.1) is 23.1 Å². The van der Waals surface area contributed by atoms with Gasteiger partial charge in [-0.15, -0.1) is 0 Å². The second-order valence-electron chi connectivity index (χ2n) is 6.57. The monoisotopic (exact) mass is 325 g/mol. The molecule has 1 aromatic rings. The van der Waals surface area contributed by atoms with Crippen LogP contribution in [0, 0.1) is 19.8 Å². The number of nitrogens with zero attached hydrogens (tertiary/aromatic N) is 3. The van der Waals surface area contributed by atoms with E-state index in [1.165, 1.54) is 0 Å². The minimum absolute atomic E-state index is 0.00577. The van der Waals surface area contributed by atoms with Crippen LogP contribution in [0.2, 0.25) is 0 Å². The van der Waals surface area contributed by atoms with Gasteiger partial charge in [-0.3, -0.25) is 9.48 Å².